The summed E-state index contributed by atoms with van der Waals surface area (Å²) in [5.41, 5.74) is 3.08. The summed E-state index contributed by atoms with van der Waals surface area (Å²) < 4.78 is 13.2. The van der Waals surface area contributed by atoms with Crippen molar-refractivity contribution in [2.24, 2.45) is 0 Å². The molecule has 0 bridgehead atoms. The lowest BCUT2D eigenvalue weighted by atomic mass is 10.2. The van der Waals surface area contributed by atoms with Crippen molar-refractivity contribution in [1.29, 1.82) is 0 Å². The highest BCUT2D eigenvalue weighted by atomic mass is 16.5. The zero-order valence-electron chi connectivity index (χ0n) is 17.0. The first-order chi connectivity index (χ1) is 14.7. The average Bonchev–Trinajstić information content (AvgIpc) is 3.06. The van der Waals surface area contributed by atoms with Crippen molar-refractivity contribution in [1.82, 2.24) is 14.7 Å². The van der Waals surface area contributed by atoms with E-state index in [-0.39, 0.29) is 5.91 Å². The van der Waals surface area contributed by atoms with Crippen molar-refractivity contribution in [2.45, 2.75) is 19.5 Å². The molecular weight excluding hydrogens is 378 g/mol. The number of benzene rings is 2. The van der Waals surface area contributed by atoms with Gasteiger partial charge in [0.2, 0.25) is 5.91 Å². The molecule has 3 aromatic rings. The molecule has 0 radical (unpaired) electrons. The number of fused-ring (bicyclic) bond motifs is 1. The molecule has 0 fully saturated rings. The Kier molecular flexibility index (Phi) is 6.13. The zero-order valence-corrected chi connectivity index (χ0v) is 17.0. The van der Waals surface area contributed by atoms with Crippen LogP contribution in [0.1, 0.15) is 23.1 Å². The third kappa shape index (κ3) is 5.08. The van der Waals surface area contributed by atoms with E-state index in [0.717, 1.165) is 29.0 Å². The molecule has 154 valence electrons. The lowest BCUT2D eigenvalue weighted by Gasteiger charge is -2.13. The van der Waals surface area contributed by atoms with Crippen LogP contribution in [-0.4, -0.2) is 40.8 Å². The molecule has 6 nitrogen and oxygen atoms in total. The Balaban J connectivity index is 1.34. The number of rotatable bonds is 6. The molecule has 1 amide bonds. The Morgan fingerprint density at radius 2 is 1.90 bits per heavy atom. The van der Waals surface area contributed by atoms with E-state index >= 15 is 0 Å². The van der Waals surface area contributed by atoms with Gasteiger partial charge >= 0.3 is 0 Å². The molecule has 0 unspecified atom stereocenters. The molecule has 0 atom stereocenters. The summed E-state index contributed by atoms with van der Waals surface area (Å²) in [6, 6.07) is 15.9. The predicted octanol–water partition coefficient (Wildman–Crippen LogP) is 3.76. The van der Waals surface area contributed by atoms with Crippen LogP contribution < -0.4 is 9.47 Å². The largest absolute Gasteiger partial charge is 0.490 e. The van der Waals surface area contributed by atoms with Crippen molar-refractivity contribution in [3.63, 3.8) is 0 Å². The van der Waals surface area contributed by atoms with Crippen molar-refractivity contribution in [2.75, 3.05) is 20.3 Å². The number of hydrogen-bond donors (Lipinski definition) is 0. The number of amides is 1. The van der Waals surface area contributed by atoms with Gasteiger partial charge in [0, 0.05) is 37.8 Å². The SMILES string of the molecule is CN(Cc1cnn(Cc2ccccc2)c1)C(=O)/C=C/c1ccc2c(c1)OCCCO2. The first kappa shape index (κ1) is 19.8. The van der Waals surface area contributed by atoms with Gasteiger partial charge < -0.3 is 14.4 Å². The fourth-order valence-corrected chi connectivity index (χ4v) is 3.28. The quantitative estimate of drug-likeness (QED) is 0.588. The van der Waals surface area contributed by atoms with E-state index in [0.29, 0.717) is 26.3 Å². The van der Waals surface area contributed by atoms with E-state index in [1.807, 2.05) is 47.3 Å². The number of carbonyl (C=O) groups is 1. The number of ether oxygens (including phenoxy) is 2. The highest BCUT2D eigenvalue weighted by molar-refractivity contribution is 5.91. The van der Waals surface area contributed by atoms with E-state index in [9.17, 15) is 4.79 Å². The van der Waals surface area contributed by atoms with E-state index in [1.54, 1.807) is 30.3 Å². The molecule has 0 aliphatic carbocycles. The number of nitrogens with zero attached hydrogens (tertiary/aromatic N) is 3. The Bertz CT molecular complexity index is 1030. The van der Waals surface area contributed by atoms with Gasteiger partial charge in [-0.05, 0) is 29.3 Å². The topological polar surface area (TPSA) is 56.6 Å². The minimum absolute atomic E-state index is 0.0714. The third-order valence-electron chi connectivity index (χ3n) is 4.86. The van der Waals surface area contributed by atoms with Crippen LogP contribution in [0.3, 0.4) is 0 Å². The molecule has 2 aromatic carbocycles. The summed E-state index contributed by atoms with van der Waals surface area (Å²) in [4.78, 5) is 14.2. The summed E-state index contributed by atoms with van der Waals surface area (Å²) in [6.45, 7) is 2.51. The first-order valence-corrected chi connectivity index (χ1v) is 10.1. The number of hydrogen-bond acceptors (Lipinski definition) is 4. The fourth-order valence-electron chi connectivity index (χ4n) is 3.28. The minimum atomic E-state index is -0.0714. The standard InChI is InChI=1S/C24H25N3O3/c1-26(16-21-15-25-27(18-21)17-20-6-3-2-4-7-20)24(28)11-9-19-8-10-22-23(14-19)30-13-5-12-29-22/h2-4,6-11,14-15,18H,5,12-13,16-17H2,1H3/b11-9+. The number of likely N-dealkylation sites (N-methyl/N-ethyl adjacent to an activating group) is 1. The molecule has 1 aliphatic rings. The van der Waals surface area contributed by atoms with Crippen LogP contribution in [0.15, 0.2) is 67.0 Å². The Morgan fingerprint density at radius 3 is 2.73 bits per heavy atom. The van der Waals surface area contributed by atoms with Crippen LogP contribution >= 0.6 is 0 Å². The van der Waals surface area contributed by atoms with Crippen LogP contribution in [0.4, 0.5) is 0 Å². The first-order valence-electron chi connectivity index (χ1n) is 10.1. The Hall–Kier alpha value is -3.54. The molecule has 0 saturated heterocycles. The van der Waals surface area contributed by atoms with Gasteiger partial charge in [-0.2, -0.15) is 5.10 Å². The molecule has 0 N–H and O–H groups in total. The van der Waals surface area contributed by atoms with Crippen LogP contribution in [-0.2, 0) is 17.9 Å². The van der Waals surface area contributed by atoms with Crippen LogP contribution in [0.5, 0.6) is 11.5 Å². The highest BCUT2D eigenvalue weighted by Crippen LogP contribution is 2.30. The van der Waals surface area contributed by atoms with Crippen LogP contribution in [0.25, 0.3) is 6.08 Å². The summed E-state index contributed by atoms with van der Waals surface area (Å²) >= 11 is 0. The van der Waals surface area contributed by atoms with Gasteiger partial charge in [0.05, 0.1) is 26.0 Å². The molecule has 4 rings (SSSR count). The smallest absolute Gasteiger partial charge is 0.246 e. The van der Waals surface area contributed by atoms with Gasteiger partial charge in [-0.1, -0.05) is 36.4 Å². The van der Waals surface area contributed by atoms with E-state index in [4.69, 9.17) is 9.47 Å². The second-order valence-corrected chi connectivity index (χ2v) is 7.32. The molecule has 30 heavy (non-hydrogen) atoms. The normalized spacial score (nSPS) is 13.2. The monoisotopic (exact) mass is 403 g/mol. The van der Waals surface area contributed by atoms with E-state index in [2.05, 4.69) is 17.2 Å². The number of carbonyl (C=O) groups excluding carboxylic acids is 1. The second-order valence-electron chi connectivity index (χ2n) is 7.32. The summed E-state index contributed by atoms with van der Waals surface area (Å²) in [7, 11) is 1.79. The predicted molar refractivity (Wildman–Crippen MR) is 115 cm³/mol. The van der Waals surface area contributed by atoms with E-state index < -0.39 is 0 Å². The molecule has 1 aromatic heterocycles. The molecule has 0 saturated carbocycles. The van der Waals surface area contributed by atoms with Crippen molar-refractivity contribution < 1.29 is 14.3 Å². The Labute approximate surface area is 176 Å². The average molecular weight is 403 g/mol. The minimum Gasteiger partial charge on any atom is -0.490 e. The zero-order chi connectivity index (χ0) is 20.8. The van der Waals surface area contributed by atoms with Gasteiger partial charge in [-0.15, -0.1) is 0 Å². The van der Waals surface area contributed by atoms with Gasteiger partial charge in [0.15, 0.2) is 11.5 Å². The Morgan fingerprint density at radius 1 is 1.10 bits per heavy atom. The van der Waals surface area contributed by atoms with Crippen LogP contribution in [0, 0.1) is 0 Å². The molecule has 0 spiro atoms. The van der Waals surface area contributed by atoms with Crippen LogP contribution in [0.2, 0.25) is 0 Å². The maximum absolute atomic E-state index is 12.5. The summed E-state index contributed by atoms with van der Waals surface area (Å²) in [5, 5.41) is 4.40. The second kappa shape index (κ2) is 9.31. The lowest BCUT2D eigenvalue weighted by molar-refractivity contribution is -0.125. The van der Waals surface area contributed by atoms with E-state index in [1.165, 1.54) is 5.56 Å². The highest BCUT2D eigenvalue weighted by Gasteiger charge is 2.11. The van der Waals surface area contributed by atoms with Crippen molar-refractivity contribution in [3.8, 4) is 11.5 Å². The molecule has 1 aliphatic heterocycles. The lowest BCUT2D eigenvalue weighted by Crippen LogP contribution is -2.23. The van der Waals surface area contributed by atoms with Crippen molar-refractivity contribution in [3.05, 3.63) is 83.7 Å². The van der Waals surface area contributed by atoms with Gasteiger partial charge in [0.25, 0.3) is 0 Å². The fraction of sp³-hybridized carbons (Fsp3) is 0.250. The van der Waals surface area contributed by atoms with Crippen molar-refractivity contribution >= 4 is 12.0 Å². The molecular formula is C24H25N3O3. The maximum Gasteiger partial charge on any atom is 0.246 e. The number of aromatic nitrogens is 2. The molecule has 2 heterocycles. The maximum atomic E-state index is 12.5. The van der Waals surface area contributed by atoms with Gasteiger partial charge in [0.1, 0.15) is 0 Å². The molecule has 6 heteroatoms. The van der Waals surface area contributed by atoms with Gasteiger partial charge in [-0.3, -0.25) is 9.48 Å². The summed E-state index contributed by atoms with van der Waals surface area (Å²) in [6.07, 6.45) is 8.02. The third-order valence-corrected chi connectivity index (χ3v) is 4.86. The summed E-state index contributed by atoms with van der Waals surface area (Å²) in [5.74, 6) is 1.40. The van der Waals surface area contributed by atoms with Gasteiger partial charge in [-0.25, -0.2) is 0 Å².